The van der Waals surface area contributed by atoms with E-state index < -0.39 is 0 Å². The van der Waals surface area contributed by atoms with E-state index in [2.05, 4.69) is 30.9 Å². The van der Waals surface area contributed by atoms with E-state index in [9.17, 15) is 4.79 Å². The van der Waals surface area contributed by atoms with Crippen molar-refractivity contribution >= 4 is 5.52 Å². The third-order valence-corrected chi connectivity index (χ3v) is 2.40. The lowest BCUT2D eigenvalue weighted by molar-refractivity contribution is 0.547. The first-order valence-electron chi connectivity index (χ1n) is 4.99. The molecule has 2 aromatic rings. The minimum atomic E-state index is -0.0852. The lowest BCUT2D eigenvalue weighted by Crippen LogP contribution is -2.20. The van der Waals surface area contributed by atoms with Gasteiger partial charge in [0.2, 0.25) is 0 Å². The molecule has 4 heteroatoms. The van der Waals surface area contributed by atoms with Crippen LogP contribution in [0.2, 0.25) is 0 Å². The van der Waals surface area contributed by atoms with E-state index >= 15 is 0 Å². The molecule has 0 fully saturated rings. The molecule has 15 heavy (non-hydrogen) atoms. The first-order valence-corrected chi connectivity index (χ1v) is 4.99. The van der Waals surface area contributed by atoms with Gasteiger partial charge in [-0.1, -0.05) is 20.8 Å². The fraction of sp³-hybridized carbons (Fsp3) is 0.455. The molecule has 1 N–H and O–H groups in total. The topological polar surface area (TPSA) is 50.2 Å². The zero-order valence-corrected chi connectivity index (χ0v) is 9.46. The Morgan fingerprint density at radius 3 is 2.60 bits per heavy atom. The zero-order valence-electron chi connectivity index (χ0n) is 9.46. The molecule has 0 aliphatic heterocycles. The number of aryl methyl sites for hydroxylation is 1. The number of aromatic nitrogens is 3. The number of hydrogen-bond donors (Lipinski definition) is 1. The van der Waals surface area contributed by atoms with Crippen molar-refractivity contribution in [3.63, 3.8) is 0 Å². The molecule has 0 aliphatic rings. The number of rotatable bonds is 0. The van der Waals surface area contributed by atoms with Crippen LogP contribution in [-0.4, -0.2) is 14.6 Å². The summed E-state index contributed by atoms with van der Waals surface area (Å²) < 4.78 is 1.73. The maximum atomic E-state index is 11.6. The van der Waals surface area contributed by atoms with Gasteiger partial charge in [-0.25, -0.2) is 4.52 Å². The fourth-order valence-corrected chi connectivity index (χ4v) is 1.68. The lowest BCUT2D eigenvalue weighted by atomic mass is 9.93. The molecule has 0 spiro atoms. The summed E-state index contributed by atoms with van der Waals surface area (Å²) in [7, 11) is 0. The highest BCUT2D eigenvalue weighted by Crippen LogP contribution is 2.22. The normalized spacial score (nSPS) is 12.3. The summed E-state index contributed by atoms with van der Waals surface area (Å²) >= 11 is 0. The third kappa shape index (κ3) is 1.56. The number of hydrogen-bond acceptors (Lipinski definition) is 2. The van der Waals surface area contributed by atoms with Crippen LogP contribution in [0, 0.1) is 6.92 Å². The van der Waals surface area contributed by atoms with Crippen LogP contribution in [-0.2, 0) is 5.41 Å². The average molecular weight is 205 g/mol. The molecule has 0 aromatic carbocycles. The van der Waals surface area contributed by atoms with Gasteiger partial charge in [-0.2, -0.15) is 5.10 Å². The second-order valence-corrected chi connectivity index (χ2v) is 4.81. The van der Waals surface area contributed by atoms with Crippen LogP contribution < -0.4 is 5.56 Å². The van der Waals surface area contributed by atoms with Gasteiger partial charge in [0, 0.05) is 11.1 Å². The monoisotopic (exact) mass is 205 g/mol. The zero-order chi connectivity index (χ0) is 11.2. The molecule has 0 saturated heterocycles. The summed E-state index contributed by atoms with van der Waals surface area (Å²) in [6, 6.07) is 3.77. The van der Waals surface area contributed by atoms with Crippen LogP contribution >= 0.6 is 0 Å². The predicted molar refractivity (Wildman–Crippen MR) is 59.2 cm³/mol. The highest BCUT2D eigenvalue weighted by molar-refractivity contribution is 5.47. The Kier molecular flexibility index (Phi) is 1.96. The van der Waals surface area contributed by atoms with Crippen LogP contribution in [0.4, 0.5) is 0 Å². The van der Waals surface area contributed by atoms with Gasteiger partial charge < -0.3 is 4.98 Å². The Morgan fingerprint density at radius 2 is 2.00 bits per heavy atom. The van der Waals surface area contributed by atoms with E-state index in [1.807, 2.05) is 12.1 Å². The molecular formula is C11H15N3O. The lowest BCUT2D eigenvalue weighted by Gasteiger charge is -2.17. The molecule has 0 unspecified atom stereocenters. The maximum absolute atomic E-state index is 11.6. The SMILES string of the molecule is Cc1nn2c(C(C)(C)C)ccc2c(=O)[nH]1. The molecule has 4 nitrogen and oxygen atoms in total. The Hall–Kier alpha value is -1.58. The summed E-state index contributed by atoms with van der Waals surface area (Å²) in [6.07, 6.45) is 0. The molecule has 2 rings (SSSR count). The second kappa shape index (κ2) is 2.95. The smallest absolute Gasteiger partial charge is 0.275 e. The van der Waals surface area contributed by atoms with E-state index in [4.69, 9.17) is 0 Å². The molecule has 0 bridgehead atoms. The van der Waals surface area contributed by atoms with Crippen LogP contribution in [0.25, 0.3) is 5.52 Å². The molecule has 0 amide bonds. The summed E-state index contributed by atoms with van der Waals surface area (Å²) in [6.45, 7) is 8.10. The maximum Gasteiger partial charge on any atom is 0.275 e. The van der Waals surface area contributed by atoms with Crippen LogP contribution in [0.3, 0.4) is 0 Å². The fourth-order valence-electron chi connectivity index (χ4n) is 1.68. The van der Waals surface area contributed by atoms with Crippen molar-refractivity contribution in [1.82, 2.24) is 14.6 Å². The number of fused-ring (bicyclic) bond motifs is 1. The molecule has 2 heterocycles. The van der Waals surface area contributed by atoms with E-state index in [0.717, 1.165) is 5.69 Å². The molecule has 0 radical (unpaired) electrons. The Labute approximate surface area is 87.9 Å². The quantitative estimate of drug-likeness (QED) is 0.710. The highest BCUT2D eigenvalue weighted by Gasteiger charge is 2.19. The summed E-state index contributed by atoms with van der Waals surface area (Å²) in [5, 5.41) is 4.32. The van der Waals surface area contributed by atoms with Crippen LogP contribution in [0.15, 0.2) is 16.9 Å². The molecule has 0 aliphatic carbocycles. The Balaban J connectivity index is 2.86. The van der Waals surface area contributed by atoms with Crippen LogP contribution in [0.1, 0.15) is 32.3 Å². The number of H-pyrrole nitrogens is 1. The number of nitrogens with zero attached hydrogens (tertiary/aromatic N) is 2. The summed E-state index contributed by atoms with van der Waals surface area (Å²) in [5.74, 6) is 0.634. The third-order valence-electron chi connectivity index (χ3n) is 2.40. The van der Waals surface area contributed by atoms with E-state index in [-0.39, 0.29) is 11.0 Å². The van der Waals surface area contributed by atoms with Gasteiger partial charge in [0.05, 0.1) is 0 Å². The Morgan fingerprint density at radius 1 is 1.33 bits per heavy atom. The largest absolute Gasteiger partial charge is 0.307 e. The minimum absolute atomic E-state index is 0.0142. The summed E-state index contributed by atoms with van der Waals surface area (Å²) in [4.78, 5) is 14.3. The van der Waals surface area contributed by atoms with Crippen molar-refractivity contribution in [1.29, 1.82) is 0 Å². The molecule has 80 valence electrons. The number of nitrogens with one attached hydrogen (secondary N) is 1. The second-order valence-electron chi connectivity index (χ2n) is 4.81. The van der Waals surface area contributed by atoms with Gasteiger partial charge in [-0.15, -0.1) is 0 Å². The first kappa shape index (κ1) is 9.96. The van der Waals surface area contributed by atoms with Crippen molar-refractivity contribution in [3.8, 4) is 0 Å². The van der Waals surface area contributed by atoms with Gasteiger partial charge in [-0.3, -0.25) is 4.79 Å². The van der Waals surface area contributed by atoms with Gasteiger partial charge >= 0.3 is 0 Å². The first-order chi connectivity index (χ1) is 6.89. The van der Waals surface area contributed by atoms with Crippen molar-refractivity contribution in [2.75, 3.05) is 0 Å². The van der Waals surface area contributed by atoms with Crippen molar-refractivity contribution in [2.24, 2.45) is 0 Å². The van der Waals surface area contributed by atoms with Gasteiger partial charge in [0.1, 0.15) is 11.3 Å². The van der Waals surface area contributed by atoms with Crippen molar-refractivity contribution in [2.45, 2.75) is 33.1 Å². The highest BCUT2D eigenvalue weighted by atomic mass is 16.1. The van der Waals surface area contributed by atoms with Gasteiger partial charge in [0.25, 0.3) is 5.56 Å². The van der Waals surface area contributed by atoms with E-state index in [1.165, 1.54) is 0 Å². The predicted octanol–water partition coefficient (Wildman–Crippen LogP) is 1.63. The van der Waals surface area contributed by atoms with Crippen molar-refractivity contribution < 1.29 is 0 Å². The standard InChI is InChI=1S/C11H15N3O/c1-7-12-10(15)8-5-6-9(11(2,3)4)14(8)13-7/h5-6H,1-4H3,(H,12,13,15). The number of aromatic amines is 1. The van der Waals surface area contributed by atoms with Gasteiger partial charge in [-0.05, 0) is 19.1 Å². The molecule has 2 aromatic heterocycles. The summed E-state index contributed by atoms with van der Waals surface area (Å²) in [5.41, 5.74) is 1.55. The van der Waals surface area contributed by atoms with Crippen LogP contribution in [0.5, 0.6) is 0 Å². The minimum Gasteiger partial charge on any atom is -0.307 e. The van der Waals surface area contributed by atoms with Gasteiger partial charge in [0.15, 0.2) is 0 Å². The molecular weight excluding hydrogens is 190 g/mol. The Bertz CT molecular complexity index is 557. The van der Waals surface area contributed by atoms with E-state index in [1.54, 1.807) is 11.4 Å². The average Bonchev–Trinajstić information content (AvgIpc) is 2.45. The molecule has 0 atom stereocenters. The van der Waals surface area contributed by atoms with E-state index in [0.29, 0.717) is 11.3 Å². The van der Waals surface area contributed by atoms with Crippen molar-refractivity contribution in [3.05, 3.63) is 34.0 Å². The molecule has 0 saturated carbocycles.